The number of alkyl halides is 3. The highest BCUT2D eigenvalue weighted by Crippen LogP contribution is 2.39. The van der Waals surface area contributed by atoms with Crippen molar-refractivity contribution in [3.8, 4) is 0 Å². The van der Waals surface area contributed by atoms with Gasteiger partial charge in [-0.2, -0.15) is 13.2 Å². The Morgan fingerprint density at radius 1 is 1.39 bits per heavy atom. The van der Waals surface area contributed by atoms with Crippen LogP contribution in [-0.2, 0) is 0 Å². The van der Waals surface area contributed by atoms with Crippen LogP contribution in [0.3, 0.4) is 0 Å². The zero-order valence-electron chi connectivity index (χ0n) is 9.89. The van der Waals surface area contributed by atoms with Gasteiger partial charge < -0.3 is 10.6 Å². The van der Waals surface area contributed by atoms with Gasteiger partial charge in [0.1, 0.15) is 0 Å². The molecule has 1 unspecified atom stereocenters. The first kappa shape index (κ1) is 13.3. The number of nitrogens with zero attached hydrogens (tertiary/aromatic N) is 1. The zero-order chi connectivity index (χ0) is 13.5. The summed E-state index contributed by atoms with van der Waals surface area (Å²) >= 11 is 5.99. The monoisotopic (exact) mass is 278 g/mol. The molecule has 1 fully saturated rings. The van der Waals surface area contributed by atoms with E-state index >= 15 is 0 Å². The average molecular weight is 279 g/mol. The van der Waals surface area contributed by atoms with Crippen LogP contribution in [-0.4, -0.2) is 19.3 Å². The summed E-state index contributed by atoms with van der Waals surface area (Å²) in [5.74, 6) is -1.28. The van der Waals surface area contributed by atoms with Crippen molar-refractivity contribution in [1.82, 2.24) is 0 Å². The maximum atomic E-state index is 12.6. The molecule has 0 spiro atoms. The van der Waals surface area contributed by atoms with E-state index < -0.39 is 12.1 Å². The fraction of sp³-hybridized carbons (Fsp3) is 0.500. The number of hydrogen-bond acceptors (Lipinski definition) is 2. The van der Waals surface area contributed by atoms with Gasteiger partial charge >= 0.3 is 6.18 Å². The largest absolute Gasteiger partial charge is 0.397 e. The summed E-state index contributed by atoms with van der Waals surface area (Å²) in [6.07, 6.45) is -4.04. The molecule has 1 aliphatic heterocycles. The Labute approximate surface area is 109 Å². The van der Waals surface area contributed by atoms with Crippen molar-refractivity contribution < 1.29 is 13.2 Å². The lowest BCUT2D eigenvalue weighted by Gasteiger charge is -2.24. The van der Waals surface area contributed by atoms with Crippen LogP contribution in [0.25, 0.3) is 0 Å². The van der Waals surface area contributed by atoms with Crippen molar-refractivity contribution in [2.45, 2.75) is 19.5 Å². The third-order valence-electron chi connectivity index (χ3n) is 3.36. The molecule has 100 valence electrons. The Kier molecular flexibility index (Phi) is 3.36. The lowest BCUT2D eigenvalue weighted by atomic mass is 10.1. The molecule has 0 saturated carbocycles. The average Bonchev–Trinajstić information content (AvgIpc) is 2.73. The summed E-state index contributed by atoms with van der Waals surface area (Å²) in [4.78, 5) is 1.68. The van der Waals surface area contributed by atoms with Crippen molar-refractivity contribution in [1.29, 1.82) is 0 Å². The second-order valence-electron chi connectivity index (χ2n) is 4.58. The van der Waals surface area contributed by atoms with Crippen LogP contribution >= 0.6 is 11.6 Å². The normalized spacial score (nSPS) is 20.5. The maximum Gasteiger partial charge on any atom is 0.393 e. The van der Waals surface area contributed by atoms with E-state index in [9.17, 15) is 13.2 Å². The van der Waals surface area contributed by atoms with Crippen molar-refractivity contribution in [3.05, 3.63) is 22.7 Å². The van der Waals surface area contributed by atoms with Crippen LogP contribution in [0, 0.1) is 12.8 Å². The second kappa shape index (κ2) is 4.53. The van der Waals surface area contributed by atoms with Crippen LogP contribution in [0.15, 0.2) is 12.1 Å². The minimum absolute atomic E-state index is 0.0467. The molecule has 0 aliphatic carbocycles. The van der Waals surface area contributed by atoms with Gasteiger partial charge in [0.15, 0.2) is 0 Å². The Bertz CT molecular complexity index is 459. The molecule has 0 radical (unpaired) electrons. The molecule has 0 amide bonds. The van der Waals surface area contributed by atoms with Crippen molar-refractivity contribution in [3.63, 3.8) is 0 Å². The lowest BCUT2D eigenvalue weighted by Crippen LogP contribution is -2.28. The third-order valence-corrected chi connectivity index (χ3v) is 3.77. The fourth-order valence-electron chi connectivity index (χ4n) is 2.35. The number of nitrogens with two attached hydrogens (primary N) is 1. The first-order valence-electron chi connectivity index (χ1n) is 5.67. The van der Waals surface area contributed by atoms with Gasteiger partial charge in [0, 0.05) is 18.1 Å². The van der Waals surface area contributed by atoms with E-state index in [1.165, 1.54) is 0 Å². The van der Waals surface area contributed by atoms with Gasteiger partial charge in [0.25, 0.3) is 0 Å². The first-order valence-corrected chi connectivity index (χ1v) is 6.04. The molecule has 2 nitrogen and oxygen atoms in total. The molecule has 2 rings (SSSR count). The summed E-state index contributed by atoms with van der Waals surface area (Å²) in [6, 6.07) is 3.29. The van der Waals surface area contributed by atoms with Gasteiger partial charge in [-0.25, -0.2) is 0 Å². The number of benzene rings is 1. The molecular formula is C12H14ClF3N2. The first-order chi connectivity index (χ1) is 8.30. The highest BCUT2D eigenvalue weighted by Gasteiger charge is 2.44. The van der Waals surface area contributed by atoms with Crippen molar-refractivity contribution in [2.24, 2.45) is 5.92 Å². The lowest BCUT2D eigenvalue weighted by molar-refractivity contribution is -0.168. The minimum Gasteiger partial charge on any atom is -0.397 e. The third kappa shape index (κ3) is 2.36. The molecule has 18 heavy (non-hydrogen) atoms. The van der Waals surface area contributed by atoms with Crippen molar-refractivity contribution in [2.75, 3.05) is 23.7 Å². The molecule has 2 N–H and O–H groups in total. The van der Waals surface area contributed by atoms with E-state index in [0.717, 1.165) is 5.56 Å². The molecule has 1 atom stereocenters. The molecule has 1 aromatic rings. The molecule has 1 aliphatic rings. The maximum absolute atomic E-state index is 12.6. The quantitative estimate of drug-likeness (QED) is 0.795. The molecule has 1 aromatic carbocycles. The summed E-state index contributed by atoms with van der Waals surface area (Å²) in [5, 5.41) is 0.523. The van der Waals surface area contributed by atoms with Crippen LogP contribution in [0.5, 0.6) is 0 Å². The van der Waals surface area contributed by atoms with Crippen LogP contribution in [0.4, 0.5) is 24.5 Å². The van der Waals surface area contributed by atoms with Gasteiger partial charge in [-0.3, -0.25) is 0 Å². The topological polar surface area (TPSA) is 29.3 Å². The molecule has 1 saturated heterocycles. The number of halogens is 4. The fourth-order valence-corrected chi connectivity index (χ4v) is 2.50. The van der Waals surface area contributed by atoms with E-state index in [1.807, 2.05) is 0 Å². The highest BCUT2D eigenvalue weighted by atomic mass is 35.5. The Morgan fingerprint density at radius 3 is 2.61 bits per heavy atom. The SMILES string of the molecule is Cc1c(Cl)ccc(N)c1N1CCC(C(F)(F)F)C1. The summed E-state index contributed by atoms with van der Waals surface area (Å²) in [5.41, 5.74) is 7.68. The van der Waals surface area contributed by atoms with E-state index in [1.54, 1.807) is 24.0 Å². The smallest absolute Gasteiger partial charge is 0.393 e. The Morgan fingerprint density at radius 2 is 2.06 bits per heavy atom. The predicted octanol–water partition coefficient (Wildman–Crippen LogP) is 3.62. The Balaban J connectivity index is 2.27. The van der Waals surface area contributed by atoms with Gasteiger partial charge in [-0.05, 0) is 31.0 Å². The van der Waals surface area contributed by atoms with Gasteiger partial charge in [-0.15, -0.1) is 0 Å². The molecule has 0 bridgehead atoms. The van der Waals surface area contributed by atoms with Crippen LogP contribution < -0.4 is 10.6 Å². The van der Waals surface area contributed by atoms with Crippen LogP contribution in [0.2, 0.25) is 5.02 Å². The molecule has 1 heterocycles. The number of anilines is 2. The standard InChI is InChI=1S/C12H14ClF3N2/c1-7-9(13)2-3-10(17)11(7)18-5-4-8(6-18)12(14,15)16/h2-3,8H,4-6,17H2,1H3. The Hall–Kier alpha value is -1.10. The predicted molar refractivity (Wildman–Crippen MR) is 67.0 cm³/mol. The minimum atomic E-state index is -4.14. The molecule has 0 aromatic heterocycles. The summed E-state index contributed by atoms with van der Waals surface area (Å²) < 4.78 is 37.9. The highest BCUT2D eigenvalue weighted by molar-refractivity contribution is 6.32. The van der Waals surface area contributed by atoms with Crippen molar-refractivity contribution >= 4 is 23.0 Å². The summed E-state index contributed by atoms with van der Waals surface area (Å²) in [6.45, 7) is 2.08. The molecule has 6 heteroatoms. The van der Waals surface area contributed by atoms with E-state index in [0.29, 0.717) is 22.9 Å². The zero-order valence-corrected chi connectivity index (χ0v) is 10.6. The van der Waals surface area contributed by atoms with Gasteiger partial charge in [0.05, 0.1) is 17.3 Å². The molecular weight excluding hydrogens is 265 g/mol. The van der Waals surface area contributed by atoms with Crippen LogP contribution in [0.1, 0.15) is 12.0 Å². The number of rotatable bonds is 1. The van der Waals surface area contributed by atoms with Gasteiger partial charge in [-0.1, -0.05) is 11.6 Å². The van der Waals surface area contributed by atoms with E-state index in [4.69, 9.17) is 17.3 Å². The van der Waals surface area contributed by atoms with E-state index in [2.05, 4.69) is 0 Å². The summed E-state index contributed by atoms with van der Waals surface area (Å²) in [7, 11) is 0. The van der Waals surface area contributed by atoms with E-state index in [-0.39, 0.29) is 13.0 Å². The number of hydrogen-bond donors (Lipinski definition) is 1. The second-order valence-corrected chi connectivity index (χ2v) is 4.99. The number of nitrogen functional groups attached to an aromatic ring is 1. The van der Waals surface area contributed by atoms with Gasteiger partial charge in [0.2, 0.25) is 0 Å².